The van der Waals surface area contributed by atoms with E-state index in [-0.39, 0.29) is 18.2 Å². The average molecular weight is 425 g/mol. The number of aryl methyl sites for hydroxylation is 3. The topological polar surface area (TPSA) is 84.5 Å². The lowest BCUT2D eigenvalue weighted by Gasteiger charge is -2.23. The van der Waals surface area contributed by atoms with E-state index in [1.54, 1.807) is 0 Å². The second-order valence-electron chi connectivity index (χ2n) is 8.29. The summed E-state index contributed by atoms with van der Waals surface area (Å²) in [6, 6.07) is 12.4. The summed E-state index contributed by atoms with van der Waals surface area (Å²) in [4.78, 5) is 37.7. The van der Waals surface area contributed by atoms with Crippen molar-refractivity contribution in [1.29, 1.82) is 0 Å². The molecule has 2 aromatic rings. The van der Waals surface area contributed by atoms with Crippen LogP contribution in [-0.2, 0) is 25.5 Å². The lowest BCUT2D eigenvalue weighted by atomic mass is 10.0. The van der Waals surface area contributed by atoms with Gasteiger partial charge in [-0.25, -0.2) is 4.79 Å². The molecule has 31 heavy (non-hydrogen) atoms. The van der Waals surface area contributed by atoms with E-state index in [1.165, 1.54) is 6.92 Å². The summed E-state index contributed by atoms with van der Waals surface area (Å²) in [7, 11) is 0. The Morgan fingerprint density at radius 3 is 2.06 bits per heavy atom. The number of hydrogen-bond acceptors (Lipinski definition) is 4. The van der Waals surface area contributed by atoms with E-state index in [4.69, 9.17) is 4.74 Å². The van der Waals surface area contributed by atoms with E-state index in [9.17, 15) is 14.4 Å². The minimum atomic E-state index is -1.00. The standard InChI is InChI=1S/C25H32N2O4/c1-15(2)22(26-21(28)14-20-10-8-7-9-11-20)25(30)31-19(6)24(29)27-23-17(4)12-16(3)13-18(23)5/h7-13,15,19,22H,14H2,1-6H3,(H,26,28)(H,27,29)/t19?,22-/m0/s1. The van der Waals surface area contributed by atoms with Gasteiger partial charge < -0.3 is 15.4 Å². The molecule has 0 aliphatic rings. The van der Waals surface area contributed by atoms with E-state index >= 15 is 0 Å². The SMILES string of the molecule is Cc1cc(C)c(NC(=O)C(C)OC(=O)[C@@H](NC(=O)Cc2ccccc2)C(C)C)c(C)c1. The summed E-state index contributed by atoms with van der Waals surface area (Å²) in [6.07, 6.45) is -0.834. The molecule has 0 bridgehead atoms. The number of hydrogen-bond donors (Lipinski definition) is 2. The second-order valence-corrected chi connectivity index (χ2v) is 8.29. The number of esters is 1. The van der Waals surface area contributed by atoms with Crippen molar-refractivity contribution in [2.45, 2.75) is 60.1 Å². The Hall–Kier alpha value is -3.15. The number of carbonyl (C=O) groups is 3. The molecule has 0 aliphatic heterocycles. The Balaban J connectivity index is 1.99. The minimum Gasteiger partial charge on any atom is -0.451 e. The monoisotopic (exact) mass is 424 g/mol. The number of amides is 2. The zero-order chi connectivity index (χ0) is 23.1. The molecule has 0 fully saturated rings. The molecular formula is C25H32N2O4. The molecule has 2 atom stereocenters. The van der Waals surface area contributed by atoms with Gasteiger partial charge in [0.1, 0.15) is 6.04 Å². The predicted octanol–water partition coefficient (Wildman–Crippen LogP) is 3.87. The lowest BCUT2D eigenvalue weighted by molar-refractivity contribution is -0.157. The number of anilines is 1. The highest BCUT2D eigenvalue weighted by molar-refractivity contribution is 5.97. The maximum atomic E-state index is 12.7. The van der Waals surface area contributed by atoms with E-state index < -0.39 is 24.0 Å². The van der Waals surface area contributed by atoms with Crippen LogP contribution in [0.25, 0.3) is 0 Å². The molecule has 0 saturated carbocycles. The molecule has 2 aromatic carbocycles. The molecule has 6 heteroatoms. The van der Waals surface area contributed by atoms with Crippen molar-refractivity contribution >= 4 is 23.5 Å². The van der Waals surface area contributed by atoms with Gasteiger partial charge in [-0.2, -0.15) is 0 Å². The first-order chi connectivity index (χ1) is 14.6. The molecule has 0 heterocycles. The van der Waals surface area contributed by atoms with Gasteiger partial charge in [0.25, 0.3) is 5.91 Å². The van der Waals surface area contributed by atoms with E-state index in [2.05, 4.69) is 10.6 Å². The van der Waals surface area contributed by atoms with Gasteiger partial charge in [0.2, 0.25) is 5.91 Å². The molecule has 1 unspecified atom stereocenters. The number of benzene rings is 2. The highest BCUT2D eigenvalue weighted by atomic mass is 16.5. The van der Waals surface area contributed by atoms with Gasteiger partial charge in [0, 0.05) is 5.69 Å². The fourth-order valence-corrected chi connectivity index (χ4v) is 3.41. The smallest absolute Gasteiger partial charge is 0.329 e. The highest BCUT2D eigenvalue weighted by Crippen LogP contribution is 2.22. The third-order valence-electron chi connectivity index (χ3n) is 5.03. The van der Waals surface area contributed by atoms with Crippen molar-refractivity contribution in [3.8, 4) is 0 Å². The van der Waals surface area contributed by atoms with Crippen LogP contribution in [-0.4, -0.2) is 29.9 Å². The fraction of sp³-hybridized carbons (Fsp3) is 0.400. The maximum absolute atomic E-state index is 12.7. The molecule has 0 radical (unpaired) electrons. The average Bonchev–Trinajstić information content (AvgIpc) is 2.69. The van der Waals surface area contributed by atoms with Crippen LogP contribution in [0.2, 0.25) is 0 Å². The number of ether oxygens (including phenoxy) is 1. The van der Waals surface area contributed by atoms with Crippen LogP contribution in [0.1, 0.15) is 43.0 Å². The van der Waals surface area contributed by atoms with Gasteiger partial charge in [-0.3, -0.25) is 9.59 Å². The van der Waals surface area contributed by atoms with Gasteiger partial charge in [-0.1, -0.05) is 61.9 Å². The van der Waals surface area contributed by atoms with Crippen LogP contribution in [0, 0.1) is 26.7 Å². The molecule has 166 valence electrons. The maximum Gasteiger partial charge on any atom is 0.329 e. The lowest BCUT2D eigenvalue weighted by Crippen LogP contribution is -2.47. The normalized spacial score (nSPS) is 12.7. The van der Waals surface area contributed by atoms with Crippen LogP contribution in [0.4, 0.5) is 5.69 Å². The van der Waals surface area contributed by atoms with Crippen LogP contribution < -0.4 is 10.6 Å². The summed E-state index contributed by atoms with van der Waals surface area (Å²) in [6.45, 7) is 11.0. The molecule has 2 N–H and O–H groups in total. The van der Waals surface area contributed by atoms with Crippen molar-refractivity contribution in [3.63, 3.8) is 0 Å². The van der Waals surface area contributed by atoms with Crippen molar-refractivity contribution in [2.24, 2.45) is 5.92 Å². The summed E-state index contributed by atoms with van der Waals surface area (Å²) >= 11 is 0. The van der Waals surface area contributed by atoms with Crippen molar-refractivity contribution in [3.05, 3.63) is 64.7 Å². The van der Waals surface area contributed by atoms with Crippen molar-refractivity contribution in [2.75, 3.05) is 5.32 Å². The van der Waals surface area contributed by atoms with Crippen LogP contribution in [0.3, 0.4) is 0 Å². The largest absolute Gasteiger partial charge is 0.451 e. The third kappa shape index (κ3) is 6.95. The van der Waals surface area contributed by atoms with Gasteiger partial charge in [0.15, 0.2) is 6.10 Å². The minimum absolute atomic E-state index is 0.166. The van der Waals surface area contributed by atoms with Gasteiger partial charge in [0.05, 0.1) is 6.42 Å². The van der Waals surface area contributed by atoms with Crippen LogP contribution in [0.15, 0.2) is 42.5 Å². The van der Waals surface area contributed by atoms with Crippen molar-refractivity contribution < 1.29 is 19.1 Å². The Labute approximate surface area is 184 Å². The molecule has 0 saturated heterocycles. The Bertz CT molecular complexity index is 915. The summed E-state index contributed by atoms with van der Waals surface area (Å²) in [5, 5.41) is 5.59. The molecule has 0 spiro atoms. The zero-order valence-corrected chi connectivity index (χ0v) is 19.1. The summed E-state index contributed by atoms with van der Waals surface area (Å²) in [5.41, 5.74) is 4.57. The molecule has 6 nitrogen and oxygen atoms in total. The number of nitrogens with one attached hydrogen (secondary N) is 2. The molecule has 0 aliphatic carbocycles. The third-order valence-corrected chi connectivity index (χ3v) is 5.03. The van der Waals surface area contributed by atoms with E-state index in [0.717, 1.165) is 27.9 Å². The van der Waals surface area contributed by atoms with Crippen LogP contribution in [0.5, 0.6) is 0 Å². The Morgan fingerprint density at radius 1 is 0.935 bits per heavy atom. The molecule has 2 amide bonds. The van der Waals surface area contributed by atoms with E-state index in [0.29, 0.717) is 0 Å². The highest BCUT2D eigenvalue weighted by Gasteiger charge is 2.29. The summed E-state index contributed by atoms with van der Waals surface area (Å²) in [5.74, 6) is -1.51. The van der Waals surface area contributed by atoms with Crippen molar-refractivity contribution in [1.82, 2.24) is 5.32 Å². The summed E-state index contributed by atoms with van der Waals surface area (Å²) < 4.78 is 5.40. The first-order valence-corrected chi connectivity index (χ1v) is 10.5. The number of carbonyl (C=O) groups excluding carboxylic acids is 3. The zero-order valence-electron chi connectivity index (χ0n) is 19.1. The Morgan fingerprint density at radius 2 is 1.52 bits per heavy atom. The van der Waals surface area contributed by atoms with E-state index in [1.807, 2.05) is 77.1 Å². The number of rotatable bonds is 8. The molecule has 0 aromatic heterocycles. The van der Waals surface area contributed by atoms with Crippen LogP contribution >= 0.6 is 0 Å². The predicted molar refractivity (Wildman–Crippen MR) is 122 cm³/mol. The Kier molecular flexibility index (Phi) is 8.37. The van der Waals surface area contributed by atoms with Gasteiger partial charge in [-0.15, -0.1) is 0 Å². The first kappa shape index (κ1) is 24.1. The fourth-order valence-electron chi connectivity index (χ4n) is 3.41. The second kappa shape index (κ2) is 10.8. The molecule has 2 rings (SSSR count). The molecular weight excluding hydrogens is 392 g/mol. The quantitative estimate of drug-likeness (QED) is 0.630. The first-order valence-electron chi connectivity index (χ1n) is 10.5. The van der Waals surface area contributed by atoms with Gasteiger partial charge >= 0.3 is 5.97 Å². The van der Waals surface area contributed by atoms with Gasteiger partial charge in [-0.05, 0) is 50.3 Å².